The Morgan fingerprint density at radius 3 is 1.59 bits per heavy atom. The third-order valence-electron chi connectivity index (χ3n) is 5.72. The van der Waals surface area contributed by atoms with Crippen LogP contribution in [0.3, 0.4) is 0 Å². The number of hydrogen-bond donors (Lipinski definition) is 5. The average molecular weight is 510 g/mol. The molecule has 2 aromatic rings. The maximum Gasteiger partial charge on any atom is 0.287 e. The minimum atomic E-state index is -1.16. The van der Waals surface area contributed by atoms with Crippen LogP contribution in [0.5, 0.6) is 0 Å². The Morgan fingerprint density at radius 2 is 1.16 bits per heavy atom. The maximum atomic E-state index is 13.3. The highest BCUT2D eigenvalue weighted by atomic mass is 16.2. The first-order valence-electron chi connectivity index (χ1n) is 12.2. The van der Waals surface area contributed by atoms with E-state index < -0.39 is 47.5 Å². The van der Waals surface area contributed by atoms with E-state index in [2.05, 4.69) is 16.0 Å². The summed E-state index contributed by atoms with van der Waals surface area (Å²) in [7, 11) is 0. The number of rotatable bonds is 15. The van der Waals surface area contributed by atoms with E-state index in [1.807, 2.05) is 36.4 Å². The highest BCUT2D eigenvalue weighted by Crippen LogP contribution is 2.09. The molecular formula is C27H35N5O5. The summed E-state index contributed by atoms with van der Waals surface area (Å²) in [5, 5.41) is 7.93. The van der Waals surface area contributed by atoms with Crippen LogP contribution < -0.4 is 27.4 Å². The van der Waals surface area contributed by atoms with Crippen molar-refractivity contribution in [1.82, 2.24) is 16.0 Å². The second kappa shape index (κ2) is 15.1. The summed E-state index contributed by atoms with van der Waals surface area (Å²) in [6, 6.07) is 15.0. The van der Waals surface area contributed by atoms with Crippen molar-refractivity contribution in [1.29, 1.82) is 0 Å². The molecule has 4 amide bonds. The number of nitrogens with two attached hydrogens (primary N) is 2. The van der Waals surface area contributed by atoms with Gasteiger partial charge in [0.1, 0.15) is 12.1 Å². The van der Waals surface area contributed by atoms with Crippen molar-refractivity contribution in [2.75, 3.05) is 6.54 Å². The van der Waals surface area contributed by atoms with Gasteiger partial charge in [-0.2, -0.15) is 0 Å². The topological polar surface area (TPSA) is 173 Å². The Balaban J connectivity index is 2.26. The predicted octanol–water partition coefficient (Wildman–Crippen LogP) is 0.130. The Labute approximate surface area is 216 Å². The van der Waals surface area contributed by atoms with Crippen LogP contribution in [0.15, 0.2) is 60.7 Å². The molecule has 3 atom stereocenters. The average Bonchev–Trinajstić information content (AvgIpc) is 2.87. The Hall–Kier alpha value is -4.05. The molecule has 0 spiro atoms. The van der Waals surface area contributed by atoms with Crippen LogP contribution in [0.25, 0.3) is 0 Å². The van der Waals surface area contributed by atoms with E-state index in [-0.39, 0.29) is 19.3 Å². The summed E-state index contributed by atoms with van der Waals surface area (Å²) in [4.78, 5) is 62.3. The maximum absolute atomic E-state index is 13.3. The van der Waals surface area contributed by atoms with Crippen LogP contribution in [0.2, 0.25) is 0 Å². The lowest BCUT2D eigenvalue weighted by molar-refractivity contribution is -0.139. The van der Waals surface area contributed by atoms with Gasteiger partial charge in [-0.25, -0.2) is 0 Å². The van der Waals surface area contributed by atoms with Crippen molar-refractivity contribution in [3.8, 4) is 0 Å². The highest BCUT2D eigenvalue weighted by Gasteiger charge is 2.31. The number of hydrogen-bond acceptors (Lipinski definition) is 6. The molecule has 0 unspecified atom stereocenters. The monoisotopic (exact) mass is 509 g/mol. The zero-order valence-corrected chi connectivity index (χ0v) is 20.9. The number of Topliss-reactive ketones (excluding diaryl/α,β-unsaturated/α-hetero) is 1. The zero-order chi connectivity index (χ0) is 27.2. The zero-order valence-electron chi connectivity index (χ0n) is 20.9. The lowest BCUT2D eigenvalue weighted by atomic mass is 10.0. The molecule has 10 nitrogen and oxygen atoms in total. The quantitative estimate of drug-likeness (QED) is 0.168. The second-order valence-corrected chi connectivity index (χ2v) is 8.77. The van der Waals surface area contributed by atoms with Gasteiger partial charge in [0.05, 0.1) is 6.04 Å². The lowest BCUT2D eigenvalue weighted by Gasteiger charge is -2.25. The van der Waals surface area contributed by atoms with Crippen molar-refractivity contribution in [2.45, 2.75) is 57.2 Å². The number of ketones is 1. The first kappa shape index (κ1) is 29.2. The van der Waals surface area contributed by atoms with Crippen molar-refractivity contribution < 1.29 is 24.0 Å². The highest BCUT2D eigenvalue weighted by molar-refractivity contribution is 6.37. The van der Waals surface area contributed by atoms with Crippen LogP contribution >= 0.6 is 0 Å². The number of carbonyl (C=O) groups is 5. The molecule has 0 radical (unpaired) electrons. The summed E-state index contributed by atoms with van der Waals surface area (Å²) < 4.78 is 0. The normalized spacial score (nSPS) is 13.0. The molecule has 0 saturated heterocycles. The summed E-state index contributed by atoms with van der Waals surface area (Å²) in [5.41, 5.74) is 12.3. The van der Waals surface area contributed by atoms with Crippen LogP contribution in [-0.2, 0) is 36.8 Å². The van der Waals surface area contributed by atoms with Crippen LogP contribution in [0, 0.1) is 0 Å². The fourth-order valence-electron chi connectivity index (χ4n) is 3.84. The van der Waals surface area contributed by atoms with E-state index in [0.717, 1.165) is 11.1 Å². The van der Waals surface area contributed by atoms with Gasteiger partial charge in [-0.05, 0) is 36.9 Å². The molecule has 0 aromatic heterocycles. The van der Waals surface area contributed by atoms with Gasteiger partial charge in [0, 0.05) is 19.8 Å². The number of amides is 4. The minimum Gasteiger partial charge on any atom is -0.363 e. The van der Waals surface area contributed by atoms with Crippen LogP contribution in [0.1, 0.15) is 37.3 Å². The van der Waals surface area contributed by atoms with Gasteiger partial charge in [-0.1, -0.05) is 60.7 Å². The van der Waals surface area contributed by atoms with E-state index >= 15 is 0 Å². The molecule has 0 heterocycles. The Bertz CT molecular complexity index is 1060. The van der Waals surface area contributed by atoms with Crippen LogP contribution in [-0.4, -0.2) is 54.1 Å². The molecule has 2 rings (SSSR count). The van der Waals surface area contributed by atoms with Crippen molar-refractivity contribution in [3.63, 3.8) is 0 Å². The van der Waals surface area contributed by atoms with Gasteiger partial charge >= 0.3 is 0 Å². The largest absolute Gasteiger partial charge is 0.363 e. The first-order valence-corrected chi connectivity index (χ1v) is 12.2. The minimum absolute atomic E-state index is 0.122. The van der Waals surface area contributed by atoms with Gasteiger partial charge in [-0.3, -0.25) is 24.0 Å². The predicted molar refractivity (Wildman–Crippen MR) is 139 cm³/mol. The molecular weight excluding hydrogens is 474 g/mol. The molecule has 198 valence electrons. The lowest BCUT2D eigenvalue weighted by Crippen LogP contribution is -2.57. The standard InChI is InChI=1S/C27H35N5O5/c1-18(33)30-22(16-19-10-4-2-5-11-19)26(36)32-23(17-20-12-6-3-7-13-20)27(37)31-21(14-8-9-15-28)24(34)25(29)35/h2-7,10-13,21-23H,8-9,14-17,28H2,1H3,(H2,29,35)(H,30,33)(H,31,37)(H,32,36)/t21-,22-,23-/m0/s1. The fourth-order valence-corrected chi connectivity index (χ4v) is 3.84. The van der Waals surface area contributed by atoms with E-state index in [9.17, 15) is 24.0 Å². The molecule has 0 fully saturated rings. The van der Waals surface area contributed by atoms with Gasteiger partial charge in [-0.15, -0.1) is 0 Å². The summed E-state index contributed by atoms with van der Waals surface area (Å²) >= 11 is 0. The van der Waals surface area contributed by atoms with Gasteiger partial charge < -0.3 is 27.4 Å². The first-order chi connectivity index (χ1) is 17.7. The molecule has 10 heteroatoms. The molecule has 7 N–H and O–H groups in total. The molecule has 0 aliphatic rings. The van der Waals surface area contributed by atoms with Gasteiger partial charge in [0.2, 0.25) is 23.5 Å². The summed E-state index contributed by atoms with van der Waals surface area (Å²) in [6.07, 6.45) is 1.61. The van der Waals surface area contributed by atoms with Crippen molar-refractivity contribution >= 4 is 29.4 Å². The Morgan fingerprint density at radius 1 is 0.703 bits per heavy atom. The summed E-state index contributed by atoms with van der Waals surface area (Å²) in [5.74, 6) is -3.68. The molecule has 2 aromatic carbocycles. The number of unbranched alkanes of at least 4 members (excludes halogenated alkanes) is 1. The van der Waals surface area contributed by atoms with E-state index in [4.69, 9.17) is 11.5 Å². The fraction of sp³-hybridized carbons (Fsp3) is 0.370. The van der Waals surface area contributed by atoms with Gasteiger partial charge in [0.25, 0.3) is 5.91 Å². The number of benzene rings is 2. The van der Waals surface area contributed by atoms with E-state index in [1.54, 1.807) is 24.3 Å². The second-order valence-electron chi connectivity index (χ2n) is 8.77. The number of nitrogens with one attached hydrogen (secondary N) is 3. The smallest absolute Gasteiger partial charge is 0.287 e. The van der Waals surface area contributed by atoms with E-state index in [0.29, 0.717) is 19.4 Å². The molecule has 0 saturated carbocycles. The van der Waals surface area contributed by atoms with Crippen LogP contribution in [0.4, 0.5) is 0 Å². The molecule has 0 bridgehead atoms. The summed E-state index contributed by atoms with van der Waals surface area (Å²) in [6.45, 7) is 1.70. The van der Waals surface area contributed by atoms with Crippen molar-refractivity contribution in [2.24, 2.45) is 11.5 Å². The third-order valence-corrected chi connectivity index (χ3v) is 5.72. The number of primary amides is 1. The Kier molecular flexibility index (Phi) is 11.9. The van der Waals surface area contributed by atoms with Gasteiger partial charge in [0.15, 0.2) is 0 Å². The third kappa shape index (κ3) is 10.2. The van der Waals surface area contributed by atoms with Crippen molar-refractivity contribution in [3.05, 3.63) is 71.8 Å². The molecule has 0 aliphatic heterocycles. The SMILES string of the molecule is CC(=O)N[C@@H](Cc1ccccc1)C(=O)N[C@@H](Cc1ccccc1)C(=O)N[C@@H](CCCCN)C(=O)C(N)=O. The van der Waals surface area contributed by atoms with E-state index in [1.165, 1.54) is 6.92 Å². The number of carbonyl (C=O) groups excluding carboxylic acids is 5. The molecule has 0 aliphatic carbocycles. The molecule has 37 heavy (non-hydrogen) atoms.